The highest BCUT2D eigenvalue weighted by molar-refractivity contribution is 5.45. The molecule has 3 nitrogen and oxygen atoms in total. The Balaban J connectivity index is 2.22. The van der Waals surface area contributed by atoms with E-state index in [4.69, 9.17) is 15.2 Å². The first-order chi connectivity index (χ1) is 7.67. The molecular weight excluding hydrogens is 202 g/mol. The molecule has 0 spiro atoms. The molecule has 1 aliphatic rings. The van der Waals surface area contributed by atoms with Crippen molar-refractivity contribution in [2.75, 3.05) is 14.2 Å². The molecule has 0 unspecified atom stereocenters. The lowest BCUT2D eigenvalue weighted by Gasteiger charge is -2.11. The zero-order valence-electron chi connectivity index (χ0n) is 10.1. The summed E-state index contributed by atoms with van der Waals surface area (Å²) in [6, 6.07) is 6.27. The van der Waals surface area contributed by atoms with Gasteiger partial charge in [-0.2, -0.15) is 0 Å². The van der Waals surface area contributed by atoms with Crippen molar-refractivity contribution in [1.29, 1.82) is 0 Å². The van der Waals surface area contributed by atoms with Crippen LogP contribution in [0.5, 0.6) is 11.5 Å². The minimum Gasteiger partial charge on any atom is -0.497 e. The van der Waals surface area contributed by atoms with Gasteiger partial charge in [0, 0.05) is 12.1 Å². The van der Waals surface area contributed by atoms with Crippen molar-refractivity contribution in [3.05, 3.63) is 23.8 Å². The first-order valence-electron chi connectivity index (χ1n) is 5.65. The summed E-state index contributed by atoms with van der Waals surface area (Å²) in [5, 5.41) is 0. The molecule has 1 saturated carbocycles. The van der Waals surface area contributed by atoms with Crippen molar-refractivity contribution in [3.8, 4) is 11.5 Å². The van der Waals surface area contributed by atoms with Crippen LogP contribution in [0.1, 0.15) is 24.8 Å². The molecule has 2 N–H and O–H groups in total. The highest BCUT2D eigenvalue weighted by Crippen LogP contribution is 2.52. The Morgan fingerprint density at radius 3 is 2.56 bits per heavy atom. The van der Waals surface area contributed by atoms with Crippen molar-refractivity contribution in [1.82, 2.24) is 0 Å². The van der Waals surface area contributed by atoms with Crippen LogP contribution in [0.15, 0.2) is 18.2 Å². The van der Waals surface area contributed by atoms with Crippen LogP contribution in [-0.4, -0.2) is 20.3 Å². The Kier molecular flexibility index (Phi) is 3.06. The van der Waals surface area contributed by atoms with Crippen LogP contribution in [-0.2, 0) is 0 Å². The molecule has 1 fully saturated rings. The number of hydrogen-bond donors (Lipinski definition) is 1. The van der Waals surface area contributed by atoms with Crippen LogP contribution in [0.3, 0.4) is 0 Å². The Labute approximate surface area is 96.5 Å². The molecule has 16 heavy (non-hydrogen) atoms. The molecule has 0 radical (unpaired) electrons. The predicted octanol–water partition coefficient (Wildman–Crippen LogP) is 2.15. The zero-order valence-corrected chi connectivity index (χ0v) is 10.1. The van der Waals surface area contributed by atoms with Gasteiger partial charge in [-0.05, 0) is 36.8 Å². The van der Waals surface area contributed by atoms with Gasteiger partial charge in [-0.1, -0.05) is 6.07 Å². The lowest BCUT2D eigenvalue weighted by molar-refractivity contribution is 0.390. The largest absolute Gasteiger partial charge is 0.497 e. The third kappa shape index (κ3) is 2.00. The van der Waals surface area contributed by atoms with Crippen LogP contribution in [0.4, 0.5) is 0 Å². The quantitative estimate of drug-likeness (QED) is 0.847. The van der Waals surface area contributed by atoms with Gasteiger partial charge in [0.25, 0.3) is 0 Å². The lowest BCUT2D eigenvalue weighted by atomic mass is 10.1. The van der Waals surface area contributed by atoms with E-state index in [0.29, 0.717) is 11.8 Å². The SMILES string of the molecule is COc1ccc([C@@H]2C[C@@H]2[C@@H](C)N)c(OC)c1. The number of nitrogens with two attached hydrogens (primary N) is 1. The monoisotopic (exact) mass is 221 g/mol. The van der Waals surface area contributed by atoms with Crippen LogP contribution in [0, 0.1) is 5.92 Å². The molecule has 3 heteroatoms. The number of methoxy groups -OCH3 is 2. The second-order valence-electron chi connectivity index (χ2n) is 4.47. The Morgan fingerprint density at radius 2 is 2.06 bits per heavy atom. The third-order valence-corrected chi connectivity index (χ3v) is 3.36. The third-order valence-electron chi connectivity index (χ3n) is 3.36. The van der Waals surface area contributed by atoms with E-state index in [9.17, 15) is 0 Å². The second-order valence-corrected chi connectivity index (χ2v) is 4.47. The maximum atomic E-state index is 5.91. The smallest absolute Gasteiger partial charge is 0.126 e. The van der Waals surface area contributed by atoms with Crippen LogP contribution >= 0.6 is 0 Å². The van der Waals surface area contributed by atoms with Crippen molar-refractivity contribution in [2.24, 2.45) is 11.7 Å². The molecule has 3 atom stereocenters. The Bertz CT molecular complexity index is 376. The van der Waals surface area contributed by atoms with E-state index in [1.807, 2.05) is 12.1 Å². The Morgan fingerprint density at radius 1 is 1.31 bits per heavy atom. The van der Waals surface area contributed by atoms with Gasteiger partial charge >= 0.3 is 0 Å². The first kappa shape index (κ1) is 11.3. The molecule has 2 rings (SSSR count). The van der Waals surface area contributed by atoms with Crippen molar-refractivity contribution in [3.63, 3.8) is 0 Å². The summed E-state index contributed by atoms with van der Waals surface area (Å²) in [6.45, 7) is 2.07. The summed E-state index contributed by atoms with van der Waals surface area (Å²) >= 11 is 0. The summed E-state index contributed by atoms with van der Waals surface area (Å²) in [4.78, 5) is 0. The zero-order chi connectivity index (χ0) is 11.7. The minimum absolute atomic E-state index is 0.261. The summed E-state index contributed by atoms with van der Waals surface area (Å²) in [7, 11) is 3.36. The maximum Gasteiger partial charge on any atom is 0.126 e. The lowest BCUT2D eigenvalue weighted by Crippen LogP contribution is -2.18. The van der Waals surface area contributed by atoms with Crippen LogP contribution in [0.2, 0.25) is 0 Å². The van der Waals surface area contributed by atoms with E-state index in [1.165, 1.54) is 12.0 Å². The van der Waals surface area contributed by atoms with Crippen molar-refractivity contribution >= 4 is 0 Å². The molecule has 0 bridgehead atoms. The average molecular weight is 221 g/mol. The predicted molar refractivity (Wildman–Crippen MR) is 64.0 cm³/mol. The summed E-state index contributed by atoms with van der Waals surface area (Å²) < 4.78 is 10.6. The number of benzene rings is 1. The van der Waals surface area contributed by atoms with Gasteiger partial charge in [0.1, 0.15) is 11.5 Å². The topological polar surface area (TPSA) is 44.5 Å². The normalized spacial score (nSPS) is 25.0. The molecule has 0 saturated heterocycles. The van der Waals surface area contributed by atoms with E-state index in [-0.39, 0.29) is 6.04 Å². The standard InChI is InChI=1S/C13H19NO2/c1-8(14)11-7-12(11)10-5-4-9(15-2)6-13(10)16-3/h4-6,8,11-12H,7,14H2,1-3H3/t8-,11-,12+/m1/s1. The number of rotatable bonds is 4. The van der Waals surface area contributed by atoms with Gasteiger partial charge in [0.15, 0.2) is 0 Å². The molecular formula is C13H19NO2. The summed E-state index contributed by atoms with van der Waals surface area (Å²) in [6.07, 6.45) is 1.17. The van der Waals surface area contributed by atoms with Crippen molar-refractivity contribution in [2.45, 2.75) is 25.3 Å². The molecule has 0 amide bonds. The summed E-state index contributed by atoms with van der Waals surface area (Å²) in [5.74, 6) is 2.90. The molecule has 1 aliphatic carbocycles. The fraction of sp³-hybridized carbons (Fsp3) is 0.538. The molecule has 88 valence electrons. The van der Waals surface area contributed by atoms with Gasteiger partial charge in [-0.25, -0.2) is 0 Å². The van der Waals surface area contributed by atoms with E-state index in [0.717, 1.165) is 11.5 Å². The van der Waals surface area contributed by atoms with Crippen molar-refractivity contribution < 1.29 is 9.47 Å². The highest BCUT2D eigenvalue weighted by Gasteiger charge is 2.42. The molecule has 0 aromatic heterocycles. The van der Waals surface area contributed by atoms with Gasteiger partial charge in [-0.15, -0.1) is 0 Å². The molecule has 1 aromatic carbocycles. The van der Waals surface area contributed by atoms with E-state index < -0.39 is 0 Å². The van der Waals surface area contributed by atoms with Gasteiger partial charge in [0.2, 0.25) is 0 Å². The molecule has 1 aromatic rings. The van der Waals surface area contributed by atoms with E-state index in [2.05, 4.69) is 13.0 Å². The highest BCUT2D eigenvalue weighted by atomic mass is 16.5. The second kappa shape index (κ2) is 4.34. The molecule has 0 heterocycles. The van der Waals surface area contributed by atoms with Crippen LogP contribution < -0.4 is 15.2 Å². The van der Waals surface area contributed by atoms with Crippen LogP contribution in [0.25, 0.3) is 0 Å². The van der Waals surface area contributed by atoms with E-state index in [1.54, 1.807) is 14.2 Å². The fourth-order valence-corrected chi connectivity index (χ4v) is 2.28. The average Bonchev–Trinajstić information content (AvgIpc) is 3.08. The minimum atomic E-state index is 0.261. The maximum absolute atomic E-state index is 5.91. The van der Waals surface area contributed by atoms with Gasteiger partial charge in [-0.3, -0.25) is 0 Å². The van der Waals surface area contributed by atoms with Gasteiger partial charge in [0.05, 0.1) is 14.2 Å². The fourth-order valence-electron chi connectivity index (χ4n) is 2.28. The summed E-state index contributed by atoms with van der Waals surface area (Å²) in [5.41, 5.74) is 7.16. The molecule has 0 aliphatic heterocycles. The number of ether oxygens (including phenoxy) is 2. The first-order valence-corrected chi connectivity index (χ1v) is 5.65. The Hall–Kier alpha value is -1.22. The number of hydrogen-bond acceptors (Lipinski definition) is 3. The van der Waals surface area contributed by atoms with Gasteiger partial charge < -0.3 is 15.2 Å². The van der Waals surface area contributed by atoms with E-state index >= 15 is 0 Å².